The number of hydrogen-bond donors (Lipinski definition) is 2. The second kappa shape index (κ2) is 6.67. The first-order chi connectivity index (χ1) is 9.23. The Bertz CT molecular complexity index is 601. The van der Waals surface area contributed by atoms with Gasteiger partial charge in [0.25, 0.3) is 0 Å². The zero-order chi connectivity index (χ0) is 15.3. The van der Waals surface area contributed by atoms with Gasteiger partial charge < -0.3 is 10.3 Å². The molecule has 0 fully saturated rings. The highest BCUT2D eigenvalue weighted by atomic mass is 32.2. The quantitative estimate of drug-likeness (QED) is 0.758. The van der Waals surface area contributed by atoms with E-state index in [0.717, 1.165) is 16.6 Å². The molecule has 0 aliphatic carbocycles. The van der Waals surface area contributed by atoms with E-state index in [9.17, 15) is 18.0 Å². The third-order valence-electron chi connectivity index (χ3n) is 2.54. The summed E-state index contributed by atoms with van der Waals surface area (Å²) in [5, 5.41) is 2.64. The fraction of sp³-hybridized carbons (Fsp3) is 0.500. The highest BCUT2D eigenvalue weighted by Gasteiger charge is 2.22. The number of likely N-dealkylation sites (N-methyl/N-ethyl adjacent to an activating group) is 1. The van der Waals surface area contributed by atoms with Gasteiger partial charge in [-0.05, 0) is 12.0 Å². The molecular formula is C12H19N3O4S. The molecule has 1 rings (SSSR count). The number of rotatable bonds is 6. The molecule has 1 aromatic heterocycles. The molecule has 0 bridgehead atoms. The van der Waals surface area contributed by atoms with Gasteiger partial charge in [0.2, 0.25) is 21.5 Å². The number of nitrogens with one attached hydrogen (secondary N) is 2. The standard InChI is InChI=1S/C12H19N3O4S/c1-9(2)6-13-12(17)8-15(3)20(18,19)10-4-5-11(16)14-7-10/h4-5,7,9H,6,8H2,1-3H3,(H,13,17)(H,14,16). The van der Waals surface area contributed by atoms with Crippen molar-refractivity contribution in [1.29, 1.82) is 0 Å². The number of nitrogens with zero attached hydrogens (tertiary/aromatic N) is 1. The summed E-state index contributed by atoms with van der Waals surface area (Å²) in [6, 6.07) is 2.33. The van der Waals surface area contributed by atoms with Crippen LogP contribution in [0.15, 0.2) is 28.0 Å². The van der Waals surface area contributed by atoms with E-state index >= 15 is 0 Å². The minimum atomic E-state index is -3.79. The molecule has 2 N–H and O–H groups in total. The van der Waals surface area contributed by atoms with Crippen LogP contribution in [0.5, 0.6) is 0 Å². The van der Waals surface area contributed by atoms with E-state index < -0.39 is 10.0 Å². The van der Waals surface area contributed by atoms with Gasteiger partial charge in [-0.15, -0.1) is 0 Å². The van der Waals surface area contributed by atoms with E-state index in [0.29, 0.717) is 12.5 Å². The maximum Gasteiger partial charge on any atom is 0.247 e. The monoisotopic (exact) mass is 301 g/mol. The minimum Gasteiger partial charge on any atom is -0.355 e. The lowest BCUT2D eigenvalue weighted by atomic mass is 10.2. The maximum absolute atomic E-state index is 12.1. The van der Waals surface area contributed by atoms with Crippen LogP contribution in [-0.2, 0) is 14.8 Å². The number of amides is 1. The van der Waals surface area contributed by atoms with Crippen molar-refractivity contribution in [3.8, 4) is 0 Å². The molecule has 0 spiro atoms. The van der Waals surface area contributed by atoms with Gasteiger partial charge in [0.15, 0.2) is 0 Å². The van der Waals surface area contributed by atoms with Crippen molar-refractivity contribution in [2.24, 2.45) is 5.92 Å². The van der Waals surface area contributed by atoms with Crippen molar-refractivity contribution in [1.82, 2.24) is 14.6 Å². The van der Waals surface area contributed by atoms with Crippen molar-refractivity contribution in [3.05, 3.63) is 28.7 Å². The first-order valence-corrected chi connectivity index (χ1v) is 7.59. The van der Waals surface area contributed by atoms with Gasteiger partial charge in [-0.3, -0.25) is 9.59 Å². The molecular weight excluding hydrogens is 282 g/mol. The Morgan fingerprint density at radius 3 is 2.55 bits per heavy atom. The molecule has 1 aromatic rings. The number of pyridine rings is 1. The van der Waals surface area contributed by atoms with Gasteiger partial charge in [-0.2, -0.15) is 4.31 Å². The fourth-order valence-electron chi connectivity index (χ4n) is 1.40. The van der Waals surface area contributed by atoms with Crippen LogP contribution >= 0.6 is 0 Å². The maximum atomic E-state index is 12.1. The van der Waals surface area contributed by atoms with E-state index in [1.54, 1.807) is 0 Å². The van der Waals surface area contributed by atoms with Gasteiger partial charge in [-0.1, -0.05) is 13.8 Å². The number of aromatic amines is 1. The lowest BCUT2D eigenvalue weighted by Gasteiger charge is -2.17. The van der Waals surface area contributed by atoms with E-state index in [-0.39, 0.29) is 22.9 Å². The van der Waals surface area contributed by atoms with Crippen molar-refractivity contribution >= 4 is 15.9 Å². The van der Waals surface area contributed by atoms with Crippen LogP contribution in [0.3, 0.4) is 0 Å². The Kier molecular flexibility index (Phi) is 5.46. The molecule has 0 aliphatic heterocycles. The smallest absolute Gasteiger partial charge is 0.247 e. The molecule has 0 aromatic carbocycles. The van der Waals surface area contributed by atoms with E-state index in [2.05, 4.69) is 10.3 Å². The summed E-state index contributed by atoms with van der Waals surface area (Å²) < 4.78 is 25.2. The molecule has 0 saturated carbocycles. The lowest BCUT2D eigenvalue weighted by Crippen LogP contribution is -2.39. The molecule has 0 saturated heterocycles. The first kappa shape index (κ1) is 16.4. The summed E-state index contributed by atoms with van der Waals surface area (Å²) in [5.74, 6) is -0.0748. The Morgan fingerprint density at radius 1 is 1.40 bits per heavy atom. The van der Waals surface area contributed by atoms with Gasteiger partial charge >= 0.3 is 0 Å². The molecule has 8 heteroatoms. The summed E-state index contributed by atoms with van der Waals surface area (Å²) in [7, 11) is -2.47. The van der Waals surface area contributed by atoms with Crippen LogP contribution in [0, 0.1) is 5.92 Å². The van der Waals surface area contributed by atoms with Crippen molar-refractivity contribution in [2.75, 3.05) is 20.1 Å². The number of carbonyl (C=O) groups excluding carboxylic acids is 1. The largest absolute Gasteiger partial charge is 0.355 e. The molecule has 1 heterocycles. The van der Waals surface area contributed by atoms with Crippen LogP contribution in [0.2, 0.25) is 0 Å². The summed E-state index contributed by atoms with van der Waals surface area (Å²) >= 11 is 0. The van der Waals surface area contributed by atoms with Gasteiger partial charge in [-0.25, -0.2) is 8.42 Å². The number of aromatic nitrogens is 1. The highest BCUT2D eigenvalue weighted by molar-refractivity contribution is 7.89. The molecule has 0 atom stereocenters. The SMILES string of the molecule is CC(C)CNC(=O)CN(C)S(=O)(=O)c1ccc(=O)[nH]c1. The predicted octanol–water partition coefficient (Wildman–Crippen LogP) is -0.232. The summed E-state index contributed by atoms with van der Waals surface area (Å²) in [4.78, 5) is 24.8. The topological polar surface area (TPSA) is 99.3 Å². The van der Waals surface area contributed by atoms with E-state index in [4.69, 9.17) is 0 Å². The summed E-state index contributed by atoms with van der Waals surface area (Å²) in [6.45, 7) is 4.11. The third kappa shape index (κ3) is 4.46. The molecule has 1 amide bonds. The molecule has 0 radical (unpaired) electrons. The number of H-pyrrole nitrogens is 1. The zero-order valence-corrected chi connectivity index (χ0v) is 12.5. The molecule has 20 heavy (non-hydrogen) atoms. The van der Waals surface area contributed by atoms with Crippen LogP contribution in [0.4, 0.5) is 0 Å². The van der Waals surface area contributed by atoms with Crippen molar-refractivity contribution in [2.45, 2.75) is 18.7 Å². The van der Waals surface area contributed by atoms with Crippen molar-refractivity contribution in [3.63, 3.8) is 0 Å². The Morgan fingerprint density at radius 2 is 2.05 bits per heavy atom. The second-order valence-corrected chi connectivity index (χ2v) is 6.89. The van der Waals surface area contributed by atoms with Gasteiger partial charge in [0, 0.05) is 25.9 Å². The van der Waals surface area contributed by atoms with E-state index in [1.807, 2.05) is 13.8 Å². The summed E-state index contributed by atoms with van der Waals surface area (Å²) in [6.07, 6.45) is 1.11. The van der Waals surface area contributed by atoms with Crippen LogP contribution in [-0.4, -0.2) is 43.8 Å². The van der Waals surface area contributed by atoms with Gasteiger partial charge in [0.1, 0.15) is 0 Å². The minimum absolute atomic E-state index is 0.0590. The number of hydrogen-bond acceptors (Lipinski definition) is 4. The van der Waals surface area contributed by atoms with Crippen LogP contribution < -0.4 is 10.9 Å². The second-order valence-electron chi connectivity index (χ2n) is 4.85. The first-order valence-electron chi connectivity index (χ1n) is 6.15. The predicted molar refractivity (Wildman–Crippen MR) is 74.7 cm³/mol. The molecule has 0 aliphatic rings. The Balaban J connectivity index is 2.75. The Hall–Kier alpha value is -1.67. The summed E-state index contributed by atoms with van der Waals surface area (Å²) in [5.41, 5.74) is -0.388. The Labute approximate surface area is 118 Å². The normalized spacial score (nSPS) is 11.8. The van der Waals surface area contributed by atoms with Crippen LogP contribution in [0.1, 0.15) is 13.8 Å². The zero-order valence-electron chi connectivity index (χ0n) is 11.7. The van der Waals surface area contributed by atoms with Gasteiger partial charge in [0.05, 0.1) is 11.4 Å². The lowest BCUT2D eigenvalue weighted by molar-refractivity contribution is -0.121. The fourth-order valence-corrected chi connectivity index (χ4v) is 2.49. The third-order valence-corrected chi connectivity index (χ3v) is 4.34. The van der Waals surface area contributed by atoms with Crippen LogP contribution in [0.25, 0.3) is 0 Å². The van der Waals surface area contributed by atoms with Crippen molar-refractivity contribution < 1.29 is 13.2 Å². The molecule has 0 unspecified atom stereocenters. The van der Waals surface area contributed by atoms with E-state index in [1.165, 1.54) is 13.1 Å². The molecule has 7 nitrogen and oxygen atoms in total. The average Bonchev–Trinajstić information content (AvgIpc) is 2.36. The number of sulfonamides is 1. The number of carbonyl (C=O) groups is 1. The highest BCUT2D eigenvalue weighted by Crippen LogP contribution is 2.10. The molecule has 112 valence electrons. The average molecular weight is 301 g/mol.